The monoisotopic (exact) mass is 265 g/mol. The molecule has 0 unspecified atom stereocenters. The van der Waals surface area contributed by atoms with Crippen LogP contribution in [0.2, 0.25) is 0 Å². The Bertz CT molecular complexity index is 436. The van der Waals surface area contributed by atoms with E-state index in [2.05, 4.69) is 11.4 Å². The molecule has 1 aromatic rings. The molecule has 4 heteroatoms. The summed E-state index contributed by atoms with van der Waals surface area (Å²) >= 11 is 1.87. The molecule has 1 aromatic carbocycles. The predicted molar refractivity (Wildman–Crippen MR) is 75.2 cm³/mol. The lowest BCUT2D eigenvalue weighted by molar-refractivity contribution is 0.0636. The molecule has 1 saturated carbocycles. The molecule has 0 radical (unpaired) electrons. The van der Waals surface area contributed by atoms with Crippen molar-refractivity contribution < 1.29 is 9.53 Å². The van der Waals surface area contributed by atoms with Gasteiger partial charge in [-0.15, -0.1) is 11.8 Å². The van der Waals surface area contributed by atoms with Gasteiger partial charge in [0.2, 0.25) is 0 Å². The Morgan fingerprint density at radius 2 is 2.11 bits per heavy atom. The Balaban J connectivity index is 1.93. The van der Waals surface area contributed by atoms with Gasteiger partial charge < -0.3 is 4.74 Å². The molecule has 1 N–H and O–H groups in total. The second-order valence-electron chi connectivity index (χ2n) is 5.47. The highest BCUT2D eigenvalue weighted by molar-refractivity contribution is 8.00. The summed E-state index contributed by atoms with van der Waals surface area (Å²) in [5.74, 6) is 0. The van der Waals surface area contributed by atoms with Crippen molar-refractivity contribution in [3.05, 3.63) is 24.3 Å². The third-order valence-electron chi connectivity index (χ3n) is 2.31. The molecule has 2 rings (SSSR count). The molecule has 1 aliphatic rings. The Morgan fingerprint density at radius 3 is 2.72 bits per heavy atom. The van der Waals surface area contributed by atoms with Crippen molar-refractivity contribution in [2.45, 2.75) is 49.4 Å². The summed E-state index contributed by atoms with van der Waals surface area (Å²) < 4.78 is 5.22. The van der Waals surface area contributed by atoms with E-state index in [1.54, 1.807) is 0 Å². The van der Waals surface area contributed by atoms with Gasteiger partial charge in [0.25, 0.3) is 0 Å². The number of carbonyl (C=O) groups excluding carboxylic acids is 1. The average molecular weight is 265 g/mol. The minimum absolute atomic E-state index is 0.406. The van der Waals surface area contributed by atoms with Crippen molar-refractivity contribution >= 4 is 23.5 Å². The van der Waals surface area contributed by atoms with Crippen molar-refractivity contribution in [3.63, 3.8) is 0 Å². The van der Waals surface area contributed by atoms with Gasteiger partial charge in [-0.1, -0.05) is 6.07 Å². The van der Waals surface area contributed by atoms with Crippen LogP contribution in [-0.4, -0.2) is 16.9 Å². The van der Waals surface area contributed by atoms with E-state index in [-0.39, 0.29) is 0 Å². The van der Waals surface area contributed by atoms with Crippen LogP contribution in [0.25, 0.3) is 0 Å². The van der Waals surface area contributed by atoms with Crippen LogP contribution in [0.1, 0.15) is 33.6 Å². The van der Waals surface area contributed by atoms with Gasteiger partial charge in [0, 0.05) is 15.8 Å². The van der Waals surface area contributed by atoms with Gasteiger partial charge in [-0.05, 0) is 51.8 Å². The minimum Gasteiger partial charge on any atom is -0.444 e. The van der Waals surface area contributed by atoms with Crippen LogP contribution in [0.5, 0.6) is 0 Å². The van der Waals surface area contributed by atoms with Gasteiger partial charge in [0.15, 0.2) is 0 Å². The van der Waals surface area contributed by atoms with Gasteiger partial charge in [-0.2, -0.15) is 0 Å². The number of anilines is 1. The first-order chi connectivity index (χ1) is 8.42. The molecule has 1 amide bonds. The molecule has 0 atom stereocenters. The zero-order chi connectivity index (χ0) is 13.2. The van der Waals surface area contributed by atoms with Gasteiger partial charge in [0.05, 0.1) is 0 Å². The van der Waals surface area contributed by atoms with Crippen molar-refractivity contribution in [1.29, 1.82) is 0 Å². The fourth-order valence-corrected chi connectivity index (χ4v) is 2.56. The fourth-order valence-electron chi connectivity index (χ4n) is 1.45. The number of ether oxygens (including phenoxy) is 1. The summed E-state index contributed by atoms with van der Waals surface area (Å²) in [7, 11) is 0. The van der Waals surface area contributed by atoms with E-state index >= 15 is 0 Å². The second kappa shape index (κ2) is 5.22. The van der Waals surface area contributed by atoms with Crippen molar-refractivity contribution in [2.24, 2.45) is 0 Å². The second-order valence-corrected chi connectivity index (χ2v) is 6.85. The summed E-state index contributed by atoms with van der Waals surface area (Å²) in [4.78, 5) is 12.8. The number of carbonyl (C=O) groups is 1. The molecule has 1 aliphatic carbocycles. The van der Waals surface area contributed by atoms with Crippen LogP contribution in [0.3, 0.4) is 0 Å². The van der Waals surface area contributed by atoms with Gasteiger partial charge in [-0.25, -0.2) is 4.79 Å². The van der Waals surface area contributed by atoms with E-state index in [0.29, 0.717) is 0 Å². The number of benzene rings is 1. The molecule has 0 spiro atoms. The zero-order valence-electron chi connectivity index (χ0n) is 11.0. The van der Waals surface area contributed by atoms with Crippen molar-refractivity contribution in [3.8, 4) is 0 Å². The predicted octanol–water partition coefficient (Wildman–Crippen LogP) is 4.29. The van der Waals surface area contributed by atoms with E-state index in [9.17, 15) is 4.79 Å². The molecule has 0 heterocycles. The summed E-state index contributed by atoms with van der Waals surface area (Å²) in [5.41, 5.74) is 0.319. The molecule has 0 saturated heterocycles. The standard InChI is InChI=1S/C14H19NO2S/c1-14(2,3)17-13(16)15-10-5-4-6-12(9-10)18-11-7-8-11/h4-6,9,11H,7-8H2,1-3H3,(H,15,16). The van der Waals surface area contributed by atoms with Gasteiger partial charge >= 0.3 is 6.09 Å². The normalized spacial score (nSPS) is 15.3. The largest absolute Gasteiger partial charge is 0.444 e. The molecular weight excluding hydrogens is 246 g/mol. The topological polar surface area (TPSA) is 38.3 Å². The Labute approximate surface area is 112 Å². The van der Waals surface area contributed by atoms with Gasteiger partial charge in [-0.3, -0.25) is 5.32 Å². The molecule has 0 bridgehead atoms. The van der Waals surface area contributed by atoms with Crippen LogP contribution in [0.15, 0.2) is 29.2 Å². The molecule has 0 aromatic heterocycles. The highest BCUT2D eigenvalue weighted by Crippen LogP contribution is 2.39. The molecule has 98 valence electrons. The number of hydrogen-bond donors (Lipinski definition) is 1. The summed E-state index contributed by atoms with van der Waals surface area (Å²) in [6, 6.07) is 7.90. The lowest BCUT2D eigenvalue weighted by Gasteiger charge is -2.19. The average Bonchev–Trinajstić information content (AvgIpc) is 2.98. The summed E-state index contributed by atoms with van der Waals surface area (Å²) in [5, 5.41) is 3.52. The van der Waals surface area contributed by atoms with Crippen LogP contribution < -0.4 is 5.32 Å². The van der Waals surface area contributed by atoms with Crippen LogP contribution >= 0.6 is 11.8 Å². The van der Waals surface area contributed by atoms with Crippen molar-refractivity contribution in [1.82, 2.24) is 0 Å². The Kier molecular flexibility index (Phi) is 3.85. The fraction of sp³-hybridized carbons (Fsp3) is 0.500. The first-order valence-corrected chi connectivity index (χ1v) is 7.07. The molecular formula is C14H19NO2S. The third-order valence-corrected chi connectivity index (χ3v) is 3.64. The highest BCUT2D eigenvalue weighted by Gasteiger charge is 2.22. The lowest BCUT2D eigenvalue weighted by atomic mass is 10.2. The smallest absolute Gasteiger partial charge is 0.412 e. The van der Waals surface area contributed by atoms with Crippen LogP contribution in [0, 0.1) is 0 Å². The van der Waals surface area contributed by atoms with Gasteiger partial charge in [0.1, 0.15) is 5.60 Å². The first kappa shape index (κ1) is 13.3. The summed E-state index contributed by atoms with van der Waals surface area (Å²) in [6.45, 7) is 5.56. The molecule has 3 nitrogen and oxygen atoms in total. The summed E-state index contributed by atoms with van der Waals surface area (Å²) in [6.07, 6.45) is 2.19. The van der Waals surface area contributed by atoms with E-state index in [4.69, 9.17) is 4.74 Å². The number of thioether (sulfide) groups is 1. The maximum atomic E-state index is 11.6. The maximum Gasteiger partial charge on any atom is 0.412 e. The van der Waals surface area contributed by atoms with E-state index in [1.807, 2.05) is 50.7 Å². The number of hydrogen-bond acceptors (Lipinski definition) is 3. The SMILES string of the molecule is CC(C)(C)OC(=O)Nc1cccc(SC2CC2)c1. The molecule has 0 aliphatic heterocycles. The van der Waals surface area contributed by atoms with E-state index < -0.39 is 11.7 Å². The number of rotatable bonds is 3. The molecule has 18 heavy (non-hydrogen) atoms. The maximum absolute atomic E-state index is 11.6. The first-order valence-electron chi connectivity index (χ1n) is 6.19. The highest BCUT2D eigenvalue weighted by atomic mass is 32.2. The zero-order valence-corrected chi connectivity index (χ0v) is 11.8. The Hall–Kier alpha value is -1.16. The van der Waals surface area contributed by atoms with Crippen LogP contribution in [0.4, 0.5) is 10.5 Å². The number of nitrogens with one attached hydrogen (secondary N) is 1. The lowest BCUT2D eigenvalue weighted by Crippen LogP contribution is -2.27. The third kappa shape index (κ3) is 4.61. The van der Waals surface area contributed by atoms with Crippen molar-refractivity contribution in [2.75, 3.05) is 5.32 Å². The quantitative estimate of drug-likeness (QED) is 0.886. The minimum atomic E-state index is -0.468. The van der Waals surface area contributed by atoms with E-state index in [0.717, 1.165) is 10.9 Å². The Morgan fingerprint density at radius 1 is 1.39 bits per heavy atom. The molecule has 1 fully saturated rings. The number of amides is 1. The van der Waals surface area contributed by atoms with E-state index in [1.165, 1.54) is 17.7 Å². The van der Waals surface area contributed by atoms with Crippen LogP contribution in [-0.2, 0) is 4.74 Å².